The minimum atomic E-state index is -6.12. The highest BCUT2D eigenvalue weighted by atomic mass is 35.5. The molecule has 3 N–H and O–H groups in total. The second kappa shape index (κ2) is 23.6. The highest BCUT2D eigenvalue weighted by Crippen LogP contribution is 2.44. The van der Waals surface area contributed by atoms with Crippen molar-refractivity contribution in [2.75, 3.05) is 81.4 Å². The molecule has 0 spiro atoms. The number of piperazine rings is 2. The molecule has 2 aliphatic heterocycles. The minimum Gasteiger partial charge on any atom is -0.432 e. The van der Waals surface area contributed by atoms with Crippen LogP contribution in [0.5, 0.6) is 0 Å². The van der Waals surface area contributed by atoms with Gasteiger partial charge in [0.15, 0.2) is 8.32 Å². The van der Waals surface area contributed by atoms with Crippen LogP contribution >= 0.6 is 23.4 Å². The standard InChI is InChI=1S/C52H66ClF3N6O7S3Si/c1-51(2)23-20-40(46(35-51)38-10-14-41(53)15-11-38)36-60-27-29-61(30-28-60)43-16-12-39(13-17-43)50(64)58-72(67,68)45-18-19-47(48(34-45)71(65,66)52(54,55)56)57-42(37-70-44-8-6-5-7-9-44)21-24-59-25-31-62(32-26-59)49(63)22-33-73(3,4)69/h5-19,34,42,57,69H,20-33,35-37H2,1-4H3,(H,58,64)/t42-/m1/s1. The maximum absolute atomic E-state index is 14.3. The summed E-state index contributed by atoms with van der Waals surface area (Å²) in [5.74, 6) is -0.758. The molecule has 4 aromatic carbocycles. The lowest BCUT2D eigenvalue weighted by molar-refractivity contribution is -0.132. The number of allylic oxidation sites excluding steroid dienone is 1. The first-order valence-corrected chi connectivity index (χ1v) is 32.1. The maximum atomic E-state index is 14.3. The number of anilines is 2. The Balaban J connectivity index is 1.00. The van der Waals surface area contributed by atoms with Crippen LogP contribution in [0.1, 0.15) is 61.9 Å². The molecule has 21 heteroatoms. The van der Waals surface area contributed by atoms with Gasteiger partial charge in [0.2, 0.25) is 5.91 Å². The summed E-state index contributed by atoms with van der Waals surface area (Å²) in [6.45, 7) is 14.6. The van der Waals surface area contributed by atoms with Gasteiger partial charge < -0.3 is 19.9 Å². The smallest absolute Gasteiger partial charge is 0.432 e. The Morgan fingerprint density at radius 1 is 0.849 bits per heavy atom. The molecule has 2 fully saturated rings. The van der Waals surface area contributed by atoms with Gasteiger partial charge in [0.1, 0.15) is 4.90 Å². The van der Waals surface area contributed by atoms with E-state index >= 15 is 0 Å². The summed E-state index contributed by atoms with van der Waals surface area (Å²) < 4.78 is 98.8. The average molecular weight is 1100 g/mol. The summed E-state index contributed by atoms with van der Waals surface area (Å²) in [6.07, 6.45) is 3.76. The Morgan fingerprint density at radius 3 is 2.12 bits per heavy atom. The van der Waals surface area contributed by atoms with Gasteiger partial charge in [0.25, 0.3) is 25.8 Å². The molecule has 0 bridgehead atoms. The molecular formula is C52H66ClF3N6O7S3Si. The van der Waals surface area contributed by atoms with E-state index < -0.39 is 61.1 Å². The molecule has 0 unspecified atom stereocenters. The van der Waals surface area contributed by atoms with E-state index in [4.69, 9.17) is 11.6 Å². The molecule has 0 radical (unpaired) electrons. The fourth-order valence-corrected chi connectivity index (χ4v) is 13.3. The number of nitrogens with zero attached hydrogens (tertiary/aromatic N) is 4. The first-order valence-electron chi connectivity index (χ1n) is 24.6. The van der Waals surface area contributed by atoms with Crippen molar-refractivity contribution in [3.8, 4) is 0 Å². The highest BCUT2D eigenvalue weighted by Gasteiger charge is 2.48. The fraction of sp³-hybridized carbons (Fsp3) is 0.462. The van der Waals surface area contributed by atoms with Crippen LogP contribution < -0.4 is 14.9 Å². The van der Waals surface area contributed by atoms with Gasteiger partial charge in [-0.05, 0) is 128 Å². The number of halogens is 4. The topological polar surface area (TPSA) is 160 Å². The zero-order valence-corrected chi connectivity index (χ0v) is 46.0. The zero-order valence-electron chi connectivity index (χ0n) is 41.8. The predicted molar refractivity (Wildman–Crippen MR) is 287 cm³/mol. The molecule has 0 saturated carbocycles. The van der Waals surface area contributed by atoms with Crippen LogP contribution in [0.25, 0.3) is 5.57 Å². The number of amides is 2. The summed E-state index contributed by atoms with van der Waals surface area (Å²) in [7, 11) is -13.4. The molecular weight excluding hydrogens is 1040 g/mol. The molecule has 2 amide bonds. The maximum Gasteiger partial charge on any atom is 0.501 e. The van der Waals surface area contributed by atoms with E-state index in [-0.39, 0.29) is 23.3 Å². The third-order valence-corrected chi connectivity index (χ3v) is 19.5. The number of thioether (sulfide) groups is 1. The molecule has 2 saturated heterocycles. The van der Waals surface area contributed by atoms with Crippen molar-refractivity contribution >= 4 is 80.3 Å². The number of hydrogen-bond acceptors (Lipinski definition) is 12. The highest BCUT2D eigenvalue weighted by molar-refractivity contribution is 7.99. The second-order valence-electron chi connectivity index (χ2n) is 20.6. The van der Waals surface area contributed by atoms with Gasteiger partial charge in [0.05, 0.1) is 10.6 Å². The van der Waals surface area contributed by atoms with Gasteiger partial charge in [0, 0.05) is 105 Å². The molecule has 396 valence electrons. The number of sulfonamides is 1. The summed E-state index contributed by atoms with van der Waals surface area (Å²) >= 11 is 7.62. The quantitative estimate of drug-likeness (QED) is 0.0605. The van der Waals surface area contributed by atoms with Gasteiger partial charge in [-0.1, -0.05) is 61.4 Å². The van der Waals surface area contributed by atoms with E-state index in [1.807, 2.05) is 47.2 Å². The first-order chi connectivity index (χ1) is 34.4. The average Bonchev–Trinajstić information content (AvgIpc) is 3.35. The van der Waals surface area contributed by atoms with E-state index in [1.54, 1.807) is 30.1 Å². The lowest BCUT2D eigenvalue weighted by Gasteiger charge is -2.39. The first kappa shape index (κ1) is 56.3. The molecule has 7 rings (SSSR count). The molecule has 4 aromatic rings. The summed E-state index contributed by atoms with van der Waals surface area (Å²) in [6, 6.07) is 26.0. The van der Waals surface area contributed by atoms with E-state index in [0.717, 1.165) is 74.7 Å². The van der Waals surface area contributed by atoms with E-state index in [2.05, 4.69) is 46.0 Å². The molecule has 1 atom stereocenters. The van der Waals surface area contributed by atoms with Gasteiger partial charge in [-0.2, -0.15) is 13.2 Å². The monoisotopic (exact) mass is 1100 g/mol. The van der Waals surface area contributed by atoms with Crippen LogP contribution in [0.2, 0.25) is 24.2 Å². The third-order valence-electron chi connectivity index (χ3n) is 13.8. The Bertz CT molecular complexity index is 2820. The Labute approximate surface area is 438 Å². The number of benzene rings is 4. The van der Waals surface area contributed by atoms with Crippen LogP contribution in [-0.4, -0.2) is 139 Å². The lowest BCUT2D eigenvalue weighted by Crippen LogP contribution is -2.49. The van der Waals surface area contributed by atoms with Crippen LogP contribution in [0, 0.1) is 5.41 Å². The number of alkyl halides is 3. The number of rotatable bonds is 19. The zero-order chi connectivity index (χ0) is 52.8. The van der Waals surface area contributed by atoms with Crippen molar-refractivity contribution in [3.63, 3.8) is 0 Å². The third kappa shape index (κ3) is 15.4. The Morgan fingerprint density at radius 2 is 1.49 bits per heavy atom. The number of carbonyl (C=O) groups excluding carboxylic acids is 2. The summed E-state index contributed by atoms with van der Waals surface area (Å²) in [5, 5.41) is 3.70. The normalized spacial score (nSPS) is 17.9. The van der Waals surface area contributed by atoms with E-state index in [1.165, 1.54) is 40.6 Å². The van der Waals surface area contributed by atoms with Crippen LogP contribution in [0.3, 0.4) is 0 Å². The van der Waals surface area contributed by atoms with Crippen molar-refractivity contribution < 1.29 is 44.4 Å². The molecule has 1 aliphatic carbocycles. The SMILES string of the molecule is CC1(C)CCC(CN2CCN(c3ccc(C(=O)NS(=O)(=O)c4ccc(N[C@H](CCN5CCN(C(=O)CC[Si](C)(C)O)CC5)CSc5ccccc5)c(S(=O)(=O)C(F)(F)F)c4)cc3)CC2)=C(c2ccc(Cl)cc2)C1. The van der Waals surface area contributed by atoms with Crippen molar-refractivity contribution in [1.82, 2.24) is 19.4 Å². The van der Waals surface area contributed by atoms with Gasteiger partial charge in [-0.25, -0.2) is 21.6 Å². The molecule has 2 heterocycles. The summed E-state index contributed by atoms with van der Waals surface area (Å²) in [4.78, 5) is 43.7. The second-order valence-corrected chi connectivity index (χ2v) is 29.8. The molecule has 3 aliphatic rings. The number of carbonyl (C=O) groups is 2. The van der Waals surface area contributed by atoms with Gasteiger partial charge >= 0.3 is 5.51 Å². The van der Waals surface area contributed by atoms with Crippen molar-refractivity contribution in [1.29, 1.82) is 0 Å². The predicted octanol–water partition coefficient (Wildman–Crippen LogP) is 9.23. The number of nitrogens with one attached hydrogen (secondary N) is 2. The van der Waals surface area contributed by atoms with Crippen molar-refractivity contribution in [3.05, 3.63) is 119 Å². The van der Waals surface area contributed by atoms with Crippen molar-refractivity contribution in [2.45, 2.75) is 91.3 Å². The molecule has 0 aromatic heterocycles. The van der Waals surface area contributed by atoms with E-state index in [0.29, 0.717) is 62.0 Å². The van der Waals surface area contributed by atoms with Crippen molar-refractivity contribution in [2.24, 2.45) is 5.41 Å². The van der Waals surface area contributed by atoms with Gasteiger partial charge in [-0.15, -0.1) is 11.8 Å². The Kier molecular flexibility index (Phi) is 18.2. The van der Waals surface area contributed by atoms with Gasteiger partial charge in [-0.3, -0.25) is 19.4 Å². The van der Waals surface area contributed by atoms with Crippen LogP contribution in [0.15, 0.2) is 117 Å². The Hall–Kier alpha value is -4.41. The number of sulfone groups is 1. The molecule has 13 nitrogen and oxygen atoms in total. The fourth-order valence-electron chi connectivity index (χ4n) is 9.36. The minimum absolute atomic E-state index is 0.0201. The molecule has 73 heavy (non-hydrogen) atoms. The lowest BCUT2D eigenvalue weighted by atomic mass is 9.72. The largest absolute Gasteiger partial charge is 0.501 e. The van der Waals surface area contributed by atoms with Crippen LogP contribution in [0.4, 0.5) is 24.5 Å². The van der Waals surface area contributed by atoms with E-state index in [9.17, 15) is 44.4 Å². The number of hydrogen-bond donors (Lipinski definition) is 3. The van der Waals surface area contributed by atoms with Crippen LogP contribution in [-0.2, 0) is 24.7 Å². The summed E-state index contributed by atoms with van der Waals surface area (Å²) in [5.41, 5.74) is -1.17.